The van der Waals surface area contributed by atoms with E-state index in [2.05, 4.69) is 29.1 Å². The highest BCUT2D eigenvalue weighted by Gasteiger charge is 2.29. The van der Waals surface area contributed by atoms with Gasteiger partial charge in [0.25, 0.3) is 0 Å². The van der Waals surface area contributed by atoms with Gasteiger partial charge in [0.1, 0.15) is 0 Å². The lowest BCUT2D eigenvalue weighted by Gasteiger charge is -2.25. The second-order valence-electron chi connectivity index (χ2n) is 6.04. The Labute approximate surface area is 133 Å². The van der Waals surface area contributed by atoms with Gasteiger partial charge in [-0.2, -0.15) is 0 Å². The fourth-order valence-corrected chi connectivity index (χ4v) is 2.66. The minimum Gasteiger partial charge on any atom is -0.380 e. The molecule has 0 spiro atoms. The Bertz CT molecular complexity index is 495. The van der Waals surface area contributed by atoms with Crippen molar-refractivity contribution in [1.82, 2.24) is 4.90 Å². The summed E-state index contributed by atoms with van der Waals surface area (Å²) in [6, 6.07) is 9.30. The highest BCUT2D eigenvalue weighted by molar-refractivity contribution is 5.92. The van der Waals surface area contributed by atoms with Crippen LogP contribution in [0.25, 0.3) is 0 Å². The largest absolute Gasteiger partial charge is 0.380 e. The van der Waals surface area contributed by atoms with E-state index in [0.29, 0.717) is 18.6 Å². The third-order valence-electron chi connectivity index (χ3n) is 3.90. The van der Waals surface area contributed by atoms with Crippen LogP contribution in [0.15, 0.2) is 29.3 Å². The fraction of sp³-hybridized carbons (Fsp3) is 0.588. The molecule has 0 amide bonds. The van der Waals surface area contributed by atoms with Gasteiger partial charge in [0.15, 0.2) is 5.96 Å². The molecule has 0 aliphatic heterocycles. The van der Waals surface area contributed by atoms with E-state index in [1.807, 2.05) is 24.3 Å². The van der Waals surface area contributed by atoms with Crippen LogP contribution >= 0.6 is 0 Å². The minimum absolute atomic E-state index is 0.461. The van der Waals surface area contributed by atoms with Crippen molar-refractivity contribution >= 4 is 11.6 Å². The third-order valence-corrected chi connectivity index (χ3v) is 3.90. The van der Waals surface area contributed by atoms with E-state index >= 15 is 0 Å². The summed E-state index contributed by atoms with van der Waals surface area (Å²) in [4.78, 5) is 6.96. The van der Waals surface area contributed by atoms with E-state index in [1.165, 1.54) is 12.8 Å². The van der Waals surface area contributed by atoms with Crippen molar-refractivity contribution in [2.45, 2.75) is 45.4 Å². The Balaban J connectivity index is 1.87. The van der Waals surface area contributed by atoms with Crippen molar-refractivity contribution in [1.29, 1.82) is 0 Å². The predicted octanol–water partition coefficient (Wildman–Crippen LogP) is 2.43. The normalized spacial score (nSPS) is 15.6. The SMILES string of the molecule is COCc1ccccc1NC(N)=NCCN(C(C)C)C1CC1. The molecule has 0 bridgehead atoms. The first-order valence-electron chi connectivity index (χ1n) is 8.01. The Morgan fingerprint density at radius 3 is 2.77 bits per heavy atom. The number of ether oxygens (including phenoxy) is 1. The summed E-state index contributed by atoms with van der Waals surface area (Å²) in [5.41, 5.74) is 8.03. The lowest BCUT2D eigenvalue weighted by Crippen LogP contribution is -2.35. The molecular formula is C17H28N4O. The number of nitrogens with one attached hydrogen (secondary N) is 1. The van der Waals surface area contributed by atoms with Crippen LogP contribution in [0.3, 0.4) is 0 Å². The summed E-state index contributed by atoms with van der Waals surface area (Å²) in [6.45, 7) is 6.72. The number of anilines is 1. The van der Waals surface area contributed by atoms with E-state index < -0.39 is 0 Å². The molecule has 1 aliphatic carbocycles. The number of para-hydroxylation sites is 1. The average molecular weight is 304 g/mol. The molecule has 1 aromatic rings. The van der Waals surface area contributed by atoms with Gasteiger partial charge < -0.3 is 15.8 Å². The zero-order valence-corrected chi connectivity index (χ0v) is 13.9. The van der Waals surface area contributed by atoms with Crippen molar-refractivity contribution in [2.24, 2.45) is 10.7 Å². The van der Waals surface area contributed by atoms with Crippen LogP contribution in [-0.2, 0) is 11.3 Å². The molecule has 22 heavy (non-hydrogen) atoms. The third kappa shape index (κ3) is 5.00. The second-order valence-corrected chi connectivity index (χ2v) is 6.04. The molecule has 122 valence electrons. The van der Waals surface area contributed by atoms with Gasteiger partial charge in [0.05, 0.1) is 13.2 Å². The van der Waals surface area contributed by atoms with Gasteiger partial charge >= 0.3 is 0 Å². The Morgan fingerprint density at radius 1 is 1.41 bits per heavy atom. The van der Waals surface area contributed by atoms with Gasteiger partial charge in [0, 0.05) is 37.0 Å². The van der Waals surface area contributed by atoms with Crippen LogP contribution in [-0.4, -0.2) is 43.1 Å². The van der Waals surface area contributed by atoms with E-state index in [4.69, 9.17) is 10.5 Å². The van der Waals surface area contributed by atoms with Crippen LogP contribution in [0.1, 0.15) is 32.3 Å². The van der Waals surface area contributed by atoms with E-state index in [-0.39, 0.29) is 0 Å². The zero-order valence-electron chi connectivity index (χ0n) is 13.9. The van der Waals surface area contributed by atoms with E-state index in [1.54, 1.807) is 7.11 Å². The number of hydrogen-bond donors (Lipinski definition) is 2. The summed E-state index contributed by atoms with van der Waals surface area (Å²) in [7, 11) is 1.69. The monoisotopic (exact) mass is 304 g/mol. The first-order chi connectivity index (χ1) is 10.6. The van der Waals surface area contributed by atoms with Gasteiger partial charge in [-0.1, -0.05) is 18.2 Å². The molecule has 1 aliphatic rings. The van der Waals surface area contributed by atoms with Crippen LogP contribution in [0, 0.1) is 0 Å². The van der Waals surface area contributed by atoms with Gasteiger partial charge in [0.2, 0.25) is 0 Å². The molecule has 0 heterocycles. The summed E-state index contributed by atoms with van der Waals surface area (Å²) < 4.78 is 5.19. The maximum Gasteiger partial charge on any atom is 0.193 e. The van der Waals surface area contributed by atoms with Crippen LogP contribution in [0.5, 0.6) is 0 Å². The quantitative estimate of drug-likeness (QED) is 0.572. The molecular weight excluding hydrogens is 276 g/mol. The van der Waals surface area contributed by atoms with Crippen molar-refractivity contribution in [3.05, 3.63) is 29.8 Å². The predicted molar refractivity (Wildman–Crippen MR) is 92.1 cm³/mol. The summed E-state index contributed by atoms with van der Waals surface area (Å²) in [6.07, 6.45) is 2.64. The molecule has 2 rings (SSSR count). The standard InChI is InChI=1S/C17H28N4O/c1-13(2)21(15-8-9-15)11-10-19-17(18)20-16-7-5-4-6-14(16)12-22-3/h4-7,13,15H,8-12H2,1-3H3,(H3,18,19,20). The molecule has 1 aromatic carbocycles. The maximum absolute atomic E-state index is 6.00. The maximum atomic E-state index is 6.00. The molecule has 1 saturated carbocycles. The smallest absolute Gasteiger partial charge is 0.193 e. The lowest BCUT2D eigenvalue weighted by molar-refractivity contribution is 0.185. The number of guanidine groups is 1. The second kappa shape index (κ2) is 8.15. The van der Waals surface area contributed by atoms with Gasteiger partial charge in [-0.05, 0) is 32.8 Å². The molecule has 5 heteroatoms. The Morgan fingerprint density at radius 2 is 2.14 bits per heavy atom. The lowest BCUT2D eigenvalue weighted by atomic mass is 10.2. The van der Waals surface area contributed by atoms with Gasteiger partial charge in [-0.25, -0.2) is 0 Å². The molecule has 3 N–H and O–H groups in total. The fourth-order valence-electron chi connectivity index (χ4n) is 2.66. The highest BCUT2D eigenvalue weighted by atomic mass is 16.5. The van der Waals surface area contributed by atoms with Crippen molar-refractivity contribution < 1.29 is 4.74 Å². The number of benzene rings is 1. The molecule has 0 radical (unpaired) electrons. The Kier molecular flexibility index (Phi) is 6.21. The van der Waals surface area contributed by atoms with E-state index in [9.17, 15) is 0 Å². The minimum atomic E-state index is 0.461. The number of hydrogen-bond acceptors (Lipinski definition) is 3. The Hall–Kier alpha value is -1.59. The number of nitrogens with two attached hydrogens (primary N) is 1. The highest BCUT2D eigenvalue weighted by Crippen LogP contribution is 2.28. The van der Waals surface area contributed by atoms with Crippen LogP contribution in [0.2, 0.25) is 0 Å². The van der Waals surface area contributed by atoms with Crippen molar-refractivity contribution in [2.75, 3.05) is 25.5 Å². The number of methoxy groups -OCH3 is 1. The van der Waals surface area contributed by atoms with Crippen molar-refractivity contribution in [3.8, 4) is 0 Å². The first kappa shape index (κ1) is 16.8. The van der Waals surface area contributed by atoms with Gasteiger partial charge in [-0.3, -0.25) is 9.89 Å². The van der Waals surface area contributed by atoms with Gasteiger partial charge in [-0.15, -0.1) is 0 Å². The number of nitrogens with zero attached hydrogens (tertiary/aromatic N) is 2. The average Bonchev–Trinajstić information content (AvgIpc) is 3.30. The molecule has 0 unspecified atom stereocenters. The number of aliphatic imine (C=N–C) groups is 1. The molecule has 1 fully saturated rings. The first-order valence-corrected chi connectivity index (χ1v) is 8.01. The van der Waals surface area contributed by atoms with Crippen molar-refractivity contribution in [3.63, 3.8) is 0 Å². The van der Waals surface area contributed by atoms with E-state index in [0.717, 1.165) is 30.4 Å². The molecule has 0 aromatic heterocycles. The molecule has 5 nitrogen and oxygen atoms in total. The number of rotatable bonds is 8. The topological polar surface area (TPSA) is 62.9 Å². The van der Waals surface area contributed by atoms with Crippen LogP contribution in [0.4, 0.5) is 5.69 Å². The van der Waals surface area contributed by atoms with Crippen LogP contribution < -0.4 is 11.1 Å². The zero-order chi connectivity index (χ0) is 15.9. The molecule has 0 atom stereocenters. The molecule has 0 saturated heterocycles. The summed E-state index contributed by atoms with van der Waals surface area (Å²) >= 11 is 0. The summed E-state index contributed by atoms with van der Waals surface area (Å²) in [5, 5.41) is 3.17. The summed E-state index contributed by atoms with van der Waals surface area (Å²) in [5.74, 6) is 0.461.